The summed E-state index contributed by atoms with van der Waals surface area (Å²) in [6.07, 6.45) is -2.79. The van der Waals surface area contributed by atoms with Crippen molar-refractivity contribution in [2.75, 3.05) is 11.0 Å². The fraction of sp³-hybridized carbons (Fsp3) is 0.213. The van der Waals surface area contributed by atoms with Gasteiger partial charge in [0, 0.05) is 31.0 Å². The number of fused-ring (bicyclic) bond motifs is 5. The highest BCUT2D eigenvalue weighted by atomic mass is 35.5. The van der Waals surface area contributed by atoms with Crippen molar-refractivity contribution in [3.8, 4) is 28.3 Å². The molecule has 1 saturated carbocycles. The van der Waals surface area contributed by atoms with E-state index in [-0.39, 0.29) is 61.7 Å². The van der Waals surface area contributed by atoms with Crippen LogP contribution >= 0.6 is 11.6 Å². The van der Waals surface area contributed by atoms with Gasteiger partial charge in [0.2, 0.25) is 15.9 Å². The SMILES string of the molecule is Cn1nc(NS(C)(=O)=O)c2c(Cl)ccc(-n3c([C@H](Cc4cc(F)cc(F)c4)NC(=O)Cn4nc(C(F)F)c5c4C(F)(F)[C@@H]4C[C@H]54)nc4cc(-c5ccc(Oc6ccccc6)cc5)ccc4c3=O)c21. The number of alkyl halides is 4. The highest BCUT2D eigenvalue weighted by molar-refractivity contribution is 7.92. The van der Waals surface area contributed by atoms with Gasteiger partial charge in [-0.3, -0.25) is 28.2 Å². The number of nitrogens with zero attached hydrogens (tertiary/aromatic N) is 6. The monoisotopic (exact) mass is 972 g/mol. The zero-order valence-electron chi connectivity index (χ0n) is 35.5. The Bertz CT molecular complexity index is 3510. The van der Waals surface area contributed by atoms with Gasteiger partial charge in [0.15, 0.2) is 5.82 Å². The molecule has 1 amide bonds. The van der Waals surface area contributed by atoms with Crippen molar-refractivity contribution in [1.29, 1.82) is 0 Å². The highest BCUT2D eigenvalue weighted by Gasteiger charge is 2.67. The Morgan fingerprint density at radius 3 is 2.31 bits per heavy atom. The number of sulfonamides is 1. The zero-order chi connectivity index (χ0) is 48.0. The van der Waals surface area contributed by atoms with E-state index < -0.39 is 87.7 Å². The number of hydrogen-bond acceptors (Lipinski definition) is 8. The van der Waals surface area contributed by atoms with Gasteiger partial charge in [-0.05, 0) is 89.7 Å². The maximum Gasteiger partial charge on any atom is 0.293 e. The lowest BCUT2D eigenvalue weighted by Gasteiger charge is -2.24. The lowest BCUT2D eigenvalue weighted by molar-refractivity contribution is -0.123. The molecule has 10 rings (SSSR count). The summed E-state index contributed by atoms with van der Waals surface area (Å²) in [6.45, 7) is -0.989. The topological polar surface area (TPSA) is 155 Å². The molecular formula is C47H35ClF6N8O5S. The van der Waals surface area contributed by atoms with Crippen molar-refractivity contribution >= 4 is 55.2 Å². The van der Waals surface area contributed by atoms with Crippen LogP contribution < -0.4 is 20.3 Å². The summed E-state index contributed by atoms with van der Waals surface area (Å²) in [5, 5.41) is 10.9. The molecule has 2 aliphatic rings. The highest BCUT2D eigenvalue weighted by Crippen LogP contribution is 2.68. The number of aryl methyl sites for hydroxylation is 1. The number of carbonyl (C=O) groups is 1. The molecule has 0 aliphatic heterocycles. The molecule has 3 aromatic heterocycles. The van der Waals surface area contributed by atoms with Crippen LogP contribution in [-0.2, 0) is 40.8 Å². The van der Waals surface area contributed by atoms with Crippen LogP contribution in [0.15, 0.2) is 108 Å². The zero-order valence-corrected chi connectivity index (χ0v) is 37.1. The number of amides is 1. The van der Waals surface area contributed by atoms with Gasteiger partial charge >= 0.3 is 0 Å². The Morgan fingerprint density at radius 1 is 0.926 bits per heavy atom. The van der Waals surface area contributed by atoms with Crippen LogP contribution in [0.1, 0.15) is 53.1 Å². The molecule has 0 unspecified atom stereocenters. The summed E-state index contributed by atoms with van der Waals surface area (Å²) in [7, 11) is -2.46. The van der Waals surface area contributed by atoms with Gasteiger partial charge in [-0.15, -0.1) is 0 Å². The number of hydrogen-bond donors (Lipinski definition) is 2. The molecule has 5 aromatic carbocycles. The average molecular weight is 973 g/mol. The van der Waals surface area contributed by atoms with Crippen LogP contribution in [0.5, 0.6) is 11.5 Å². The molecule has 0 saturated heterocycles. The number of carbonyl (C=O) groups excluding carboxylic acids is 1. The third kappa shape index (κ3) is 8.10. The van der Waals surface area contributed by atoms with Crippen molar-refractivity contribution in [1.82, 2.24) is 34.4 Å². The van der Waals surface area contributed by atoms with Gasteiger partial charge in [-0.25, -0.2) is 31.0 Å². The van der Waals surface area contributed by atoms with E-state index in [1.165, 1.54) is 29.9 Å². The predicted octanol–water partition coefficient (Wildman–Crippen LogP) is 9.48. The number of nitrogens with one attached hydrogen (secondary N) is 2. The van der Waals surface area contributed by atoms with Crippen LogP contribution in [0.3, 0.4) is 0 Å². The second-order valence-corrected chi connectivity index (χ2v) is 18.9. The minimum atomic E-state index is -3.93. The second-order valence-electron chi connectivity index (χ2n) is 16.7. The smallest absolute Gasteiger partial charge is 0.293 e. The fourth-order valence-corrected chi connectivity index (χ4v) is 9.84. The van der Waals surface area contributed by atoms with E-state index in [1.54, 1.807) is 48.5 Å². The van der Waals surface area contributed by atoms with E-state index in [4.69, 9.17) is 21.3 Å². The molecule has 2 aliphatic carbocycles. The quantitative estimate of drug-likeness (QED) is 0.108. The number of para-hydroxylation sites is 1. The molecule has 68 heavy (non-hydrogen) atoms. The summed E-state index contributed by atoms with van der Waals surface area (Å²) in [6, 6.07) is 24.9. The maximum absolute atomic E-state index is 15.6. The van der Waals surface area contributed by atoms with Gasteiger partial charge in [-0.2, -0.15) is 19.0 Å². The molecule has 0 spiro atoms. The molecule has 3 atom stereocenters. The number of aromatic nitrogens is 6. The number of halogens is 7. The molecular weight excluding hydrogens is 938 g/mol. The van der Waals surface area contributed by atoms with Gasteiger partial charge in [0.1, 0.15) is 46.9 Å². The minimum absolute atomic E-state index is 0.00875. The molecule has 13 nitrogen and oxygen atoms in total. The predicted molar refractivity (Wildman–Crippen MR) is 240 cm³/mol. The van der Waals surface area contributed by atoms with E-state index in [1.807, 2.05) is 18.2 Å². The van der Waals surface area contributed by atoms with Crippen LogP contribution in [0.25, 0.3) is 38.6 Å². The van der Waals surface area contributed by atoms with Crippen LogP contribution in [0.2, 0.25) is 5.02 Å². The standard InChI is InChI=1S/C47H35ClF6N8O5S/c1-60-41-36(15-14-33(48)39(41)44(58-60)59-68(2,65)66)62-45(56-34-19-25(10-13-30(34)46(62)64)24-8-11-29(12-9-24)67-28-6-4-3-5-7-28)35(18-23-16-26(49)20-27(50)17-23)55-37(63)22-61-42-38(40(57-61)43(51)52)31-21-32(31)47(42,53)54/h3-17,19-20,31-32,35,43H,18,21-22H2,1-2H3,(H,55,63)(H,58,59)/t31-,32+,35-/m0/s1. The van der Waals surface area contributed by atoms with Crippen molar-refractivity contribution in [3.05, 3.63) is 158 Å². The van der Waals surface area contributed by atoms with E-state index in [2.05, 4.69) is 20.2 Å². The van der Waals surface area contributed by atoms with Crippen molar-refractivity contribution in [2.45, 2.75) is 43.7 Å². The Hall–Kier alpha value is -7.19. The van der Waals surface area contributed by atoms with E-state index in [0.29, 0.717) is 33.4 Å². The Morgan fingerprint density at radius 2 is 1.62 bits per heavy atom. The lowest BCUT2D eigenvalue weighted by atomic mass is 10.0. The van der Waals surface area contributed by atoms with Gasteiger partial charge in [-0.1, -0.05) is 48.0 Å². The first-order valence-electron chi connectivity index (χ1n) is 20.9. The molecule has 3 heterocycles. The Balaban J connectivity index is 1.15. The molecule has 2 N–H and O–H groups in total. The largest absolute Gasteiger partial charge is 0.457 e. The summed E-state index contributed by atoms with van der Waals surface area (Å²) < 4.78 is 125. The second kappa shape index (κ2) is 16.5. The number of rotatable bonds is 13. The normalized spacial score (nSPS) is 16.5. The first-order valence-corrected chi connectivity index (χ1v) is 23.2. The molecule has 8 aromatic rings. The van der Waals surface area contributed by atoms with Crippen molar-refractivity contribution < 1.29 is 44.3 Å². The fourth-order valence-electron chi connectivity index (χ4n) is 9.10. The van der Waals surface area contributed by atoms with Crippen LogP contribution in [-0.4, -0.2) is 49.7 Å². The first-order chi connectivity index (χ1) is 32.3. The van der Waals surface area contributed by atoms with Crippen molar-refractivity contribution in [3.63, 3.8) is 0 Å². The summed E-state index contributed by atoms with van der Waals surface area (Å²) in [5.74, 6) is -7.89. The van der Waals surface area contributed by atoms with Gasteiger partial charge in [0.05, 0.1) is 44.8 Å². The molecule has 348 valence electrons. The molecule has 1 fully saturated rings. The van der Waals surface area contributed by atoms with Gasteiger partial charge < -0.3 is 10.1 Å². The number of anilines is 1. The average Bonchev–Trinajstić information content (AvgIpc) is 3.82. The first kappa shape index (κ1) is 44.6. The van der Waals surface area contributed by atoms with Crippen molar-refractivity contribution in [2.24, 2.45) is 13.0 Å². The number of ether oxygens (including phenoxy) is 1. The summed E-state index contributed by atoms with van der Waals surface area (Å²) >= 11 is 6.67. The third-order valence-corrected chi connectivity index (χ3v) is 12.8. The van der Waals surface area contributed by atoms with Gasteiger partial charge in [0.25, 0.3) is 17.9 Å². The minimum Gasteiger partial charge on any atom is -0.457 e. The molecule has 0 bridgehead atoms. The van der Waals surface area contributed by atoms with E-state index in [0.717, 1.165) is 23.0 Å². The molecule has 21 heteroatoms. The summed E-state index contributed by atoms with van der Waals surface area (Å²) in [4.78, 5) is 34.4. The van der Waals surface area contributed by atoms with E-state index in [9.17, 15) is 30.8 Å². The number of benzene rings is 5. The Labute approximate surface area is 387 Å². The van der Waals surface area contributed by atoms with Crippen LogP contribution in [0, 0.1) is 17.6 Å². The third-order valence-electron chi connectivity index (χ3n) is 12.0. The molecule has 0 radical (unpaired) electrons. The van der Waals surface area contributed by atoms with E-state index >= 15 is 13.6 Å². The van der Waals surface area contributed by atoms with Crippen LogP contribution in [0.4, 0.5) is 32.2 Å². The maximum atomic E-state index is 15.6. The summed E-state index contributed by atoms with van der Waals surface area (Å²) in [5.41, 5.74) is -1.21. The Kier molecular flexibility index (Phi) is 10.9. The lowest BCUT2D eigenvalue weighted by Crippen LogP contribution is -2.38.